The van der Waals surface area contributed by atoms with E-state index >= 15 is 0 Å². The van der Waals surface area contributed by atoms with Gasteiger partial charge in [-0.1, -0.05) is 17.2 Å². The topological polar surface area (TPSA) is 58.6 Å². The lowest BCUT2D eigenvalue weighted by molar-refractivity contribution is -0.121. The van der Waals surface area contributed by atoms with E-state index in [1.165, 1.54) is 26.4 Å². The first kappa shape index (κ1) is 15.9. The van der Waals surface area contributed by atoms with Gasteiger partial charge in [0.2, 0.25) is 5.91 Å². The fourth-order valence-electron chi connectivity index (χ4n) is 3.47. The smallest absolute Gasteiger partial charge is 0.224 e. The molecule has 0 aromatic heterocycles. The predicted octanol–water partition coefficient (Wildman–Crippen LogP) is 3.48. The van der Waals surface area contributed by atoms with E-state index in [1.807, 2.05) is 0 Å². The number of phenolic OH excluding ortho intramolecular Hbond substituents is 1. The molecule has 0 aliphatic heterocycles. The molecule has 4 heteroatoms. The molecule has 2 aliphatic rings. The number of carbonyl (C=O) groups is 1. The molecule has 0 unspecified atom stereocenters. The summed E-state index contributed by atoms with van der Waals surface area (Å²) >= 11 is 0. The number of hydrogen-bond acceptors (Lipinski definition) is 3. The molecule has 0 spiro atoms. The predicted molar refractivity (Wildman–Crippen MR) is 89.6 cm³/mol. The van der Waals surface area contributed by atoms with Gasteiger partial charge in [0.25, 0.3) is 0 Å². The Labute approximate surface area is 137 Å². The van der Waals surface area contributed by atoms with Crippen LogP contribution in [-0.2, 0) is 11.2 Å². The lowest BCUT2D eigenvalue weighted by Crippen LogP contribution is -2.37. The van der Waals surface area contributed by atoms with Gasteiger partial charge in [0.05, 0.1) is 13.5 Å². The van der Waals surface area contributed by atoms with E-state index in [0.29, 0.717) is 18.2 Å². The molecule has 1 aromatic rings. The van der Waals surface area contributed by atoms with Crippen molar-refractivity contribution in [2.45, 2.75) is 57.4 Å². The average Bonchev–Trinajstić information content (AvgIpc) is 2.49. The van der Waals surface area contributed by atoms with Crippen LogP contribution >= 0.6 is 0 Å². The van der Waals surface area contributed by atoms with Crippen LogP contribution in [0.2, 0.25) is 0 Å². The summed E-state index contributed by atoms with van der Waals surface area (Å²) in [7, 11) is 1.51. The first-order valence-electron chi connectivity index (χ1n) is 8.50. The van der Waals surface area contributed by atoms with Crippen LogP contribution in [0, 0.1) is 0 Å². The van der Waals surface area contributed by atoms with Crippen LogP contribution in [0.1, 0.15) is 50.5 Å². The molecule has 3 rings (SSSR count). The SMILES string of the molecule is COc1cc(CC(=O)NC2CCC(=C3CCC3)CC2)ccc1O. The second-order valence-corrected chi connectivity index (χ2v) is 6.59. The van der Waals surface area contributed by atoms with E-state index in [-0.39, 0.29) is 11.7 Å². The molecule has 0 radical (unpaired) electrons. The number of allylic oxidation sites excluding steroid dienone is 2. The maximum Gasteiger partial charge on any atom is 0.224 e. The highest BCUT2D eigenvalue weighted by Crippen LogP contribution is 2.35. The molecule has 2 N–H and O–H groups in total. The summed E-state index contributed by atoms with van der Waals surface area (Å²) in [5, 5.41) is 12.7. The van der Waals surface area contributed by atoms with Gasteiger partial charge in [-0.15, -0.1) is 0 Å². The Morgan fingerprint density at radius 2 is 1.91 bits per heavy atom. The molecule has 23 heavy (non-hydrogen) atoms. The monoisotopic (exact) mass is 315 g/mol. The van der Waals surface area contributed by atoms with E-state index in [4.69, 9.17) is 4.74 Å². The van der Waals surface area contributed by atoms with E-state index < -0.39 is 0 Å². The van der Waals surface area contributed by atoms with Gasteiger partial charge in [-0.05, 0) is 62.6 Å². The summed E-state index contributed by atoms with van der Waals surface area (Å²) in [6, 6.07) is 5.34. The van der Waals surface area contributed by atoms with Crippen molar-refractivity contribution in [2.75, 3.05) is 7.11 Å². The Balaban J connectivity index is 1.50. The number of ether oxygens (including phenoxy) is 1. The number of amides is 1. The van der Waals surface area contributed by atoms with Gasteiger partial charge < -0.3 is 15.2 Å². The van der Waals surface area contributed by atoms with E-state index in [1.54, 1.807) is 29.3 Å². The maximum atomic E-state index is 12.2. The molecule has 2 fully saturated rings. The largest absolute Gasteiger partial charge is 0.504 e. The highest BCUT2D eigenvalue weighted by atomic mass is 16.5. The Morgan fingerprint density at radius 1 is 1.22 bits per heavy atom. The van der Waals surface area contributed by atoms with Crippen molar-refractivity contribution in [3.8, 4) is 11.5 Å². The zero-order valence-electron chi connectivity index (χ0n) is 13.7. The van der Waals surface area contributed by atoms with Crippen molar-refractivity contribution in [1.29, 1.82) is 0 Å². The van der Waals surface area contributed by atoms with Gasteiger partial charge in [0.1, 0.15) is 0 Å². The van der Waals surface area contributed by atoms with Gasteiger partial charge in [0, 0.05) is 6.04 Å². The van der Waals surface area contributed by atoms with Crippen molar-refractivity contribution in [1.82, 2.24) is 5.32 Å². The molecule has 2 aliphatic carbocycles. The van der Waals surface area contributed by atoms with Gasteiger partial charge in [-0.3, -0.25) is 4.79 Å². The third-order valence-corrected chi connectivity index (χ3v) is 5.02. The molecule has 0 saturated heterocycles. The van der Waals surface area contributed by atoms with Crippen LogP contribution in [-0.4, -0.2) is 24.2 Å². The number of nitrogens with one attached hydrogen (secondary N) is 1. The minimum atomic E-state index is 0.0440. The third kappa shape index (κ3) is 3.87. The second kappa shape index (κ2) is 7.07. The zero-order chi connectivity index (χ0) is 16.2. The molecule has 1 aromatic carbocycles. The third-order valence-electron chi connectivity index (χ3n) is 5.02. The Hall–Kier alpha value is -1.97. The van der Waals surface area contributed by atoms with Crippen molar-refractivity contribution in [2.24, 2.45) is 0 Å². The summed E-state index contributed by atoms with van der Waals surface area (Å²) in [5.74, 6) is 0.549. The fraction of sp³-hybridized carbons (Fsp3) is 0.526. The number of carbonyl (C=O) groups excluding carboxylic acids is 1. The van der Waals surface area contributed by atoms with Crippen molar-refractivity contribution >= 4 is 5.91 Å². The standard InChI is InChI=1S/C19H25NO3/c1-23-18-11-13(5-10-17(18)21)12-19(22)20-16-8-6-15(7-9-16)14-3-2-4-14/h5,10-11,16,21H,2-4,6-9,12H2,1H3,(H,20,22). The minimum Gasteiger partial charge on any atom is -0.504 e. The number of methoxy groups -OCH3 is 1. The highest BCUT2D eigenvalue weighted by molar-refractivity contribution is 5.79. The molecule has 2 saturated carbocycles. The van der Waals surface area contributed by atoms with Crippen LogP contribution < -0.4 is 10.1 Å². The summed E-state index contributed by atoms with van der Waals surface area (Å²) < 4.78 is 5.08. The molecular formula is C19H25NO3. The summed E-state index contributed by atoms with van der Waals surface area (Å²) in [6.07, 6.45) is 8.69. The number of aromatic hydroxyl groups is 1. The summed E-state index contributed by atoms with van der Waals surface area (Å²) in [4.78, 5) is 12.2. The Kier molecular flexibility index (Phi) is 4.89. The number of rotatable bonds is 4. The fourth-order valence-corrected chi connectivity index (χ4v) is 3.47. The van der Waals surface area contributed by atoms with Crippen LogP contribution in [0.3, 0.4) is 0 Å². The van der Waals surface area contributed by atoms with Crippen molar-refractivity contribution in [3.63, 3.8) is 0 Å². The molecule has 0 heterocycles. The number of benzene rings is 1. The van der Waals surface area contributed by atoms with Crippen LogP contribution in [0.4, 0.5) is 0 Å². The van der Waals surface area contributed by atoms with E-state index in [0.717, 1.165) is 31.2 Å². The van der Waals surface area contributed by atoms with Crippen LogP contribution in [0.15, 0.2) is 29.3 Å². The zero-order valence-corrected chi connectivity index (χ0v) is 13.7. The average molecular weight is 315 g/mol. The first-order valence-corrected chi connectivity index (χ1v) is 8.50. The highest BCUT2D eigenvalue weighted by Gasteiger charge is 2.22. The molecule has 0 bridgehead atoms. The molecule has 1 amide bonds. The second-order valence-electron chi connectivity index (χ2n) is 6.59. The van der Waals surface area contributed by atoms with Gasteiger partial charge >= 0.3 is 0 Å². The number of hydrogen-bond donors (Lipinski definition) is 2. The summed E-state index contributed by atoms with van der Waals surface area (Å²) in [5.41, 5.74) is 4.20. The normalized spacial score (nSPS) is 20.8. The molecule has 0 atom stereocenters. The molecular weight excluding hydrogens is 290 g/mol. The summed E-state index contributed by atoms with van der Waals surface area (Å²) in [6.45, 7) is 0. The molecule has 124 valence electrons. The maximum absolute atomic E-state index is 12.2. The minimum absolute atomic E-state index is 0.0440. The lowest BCUT2D eigenvalue weighted by Gasteiger charge is -2.29. The number of phenols is 1. The first-order chi connectivity index (χ1) is 11.2. The van der Waals surface area contributed by atoms with Gasteiger partial charge in [-0.25, -0.2) is 0 Å². The Bertz CT molecular complexity index is 605. The quantitative estimate of drug-likeness (QED) is 0.836. The van der Waals surface area contributed by atoms with E-state index in [9.17, 15) is 9.90 Å². The van der Waals surface area contributed by atoms with Gasteiger partial charge in [0.15, 0.2) is 11.5 Å². The van der Waals surface area contributed by atoms with Crippen molar-refractivity contribution in [3.05, 3.63) is 34.9 Å². The van der Waals surface area contributed by atoms with Gasteiger partial charge in [-0.2, -0.15) is 0 Å². The van der Waals surface area contributed by atoms with E-state index in [2.05, 4.69) is 5.32 Å². The van der Waals surface area contributed by atoms with Crippen molar-refractivity contribution < 1.29 is 14.6 Å². The lowest BCUT2D eigenvalue weighted by atomic mass is 9.80. The van der Waals surface area contributed by atoms with Crippen LogP contribution in [0.5, 0.6) is 11.5 Å². The Morgan fingerprint density at radius 3 is 2.52 bits per heavy atom. The molecule has 4 nitrogen and oxygen atoms in total. The van der Waals surface area contributed by atoms with Crippen LogP contribution in [0.25, 0.3) is 0 Å².